The molecular weight excluding hydrogens is 220 g/mol. The van der Waals surface area contributed by atoms with Gasteiger partial charge in [0.05, 0.1) is 0 Å². The summed E-state index contributed by atoms with van der Waals surface area (Å²) in [6.45, 7) is 4.56. The normalized spacial score (nSPS) is 11.5. The maximum atomic E-state index is 9.10. The van der Waals surface area contributed by atoms with E-state index in [9.17, 15) is 0 Å². The fraction of sp³-hybridized carbons (Fsp3) is 0.294. The maximum Gasteiger partial charge on any atom is 0.0439 e. The minimum atomic E-state index is 0.0317. The van der Waals surface area contributed by atoms with Gasteiger partial charge in [0.25, 0.3) is 0 Å². The summed E-state index contributed by atoms with van der Waals surface area (Å²) in [7, 11) is 0. The van der Waals surface area contributed by atoms with Gasteiger partial charge in [-0.05, 0) is 28.5 Å². The number of hydrogen-bond acceptors (Lipinski definition) is 1. The van der Waals surface area contributed by atoms with E-state index in [1.54, 1.807) is 0 Å². The van der Waals surface area contributed by atoms with Gasteiger partial charge < -0.3 is 5.11 Å². The molecule has 0 fully saturated rings. The first kappa shape index (κ1) is 12.8. The molecule has 0 aliphatic rings. The van der Waals surface area contributed by atoms with Crippen molar-refractivity contribution in [3.05, 3.63) is 60.2 Å². The van der Waals surface area contributed by atoms with Crippen molar-refractivity contribution in [2.75, 3.05) is 6.61 Å². The van der Waals surface area contributed by atoms with Crippen molar-refractivity contribution in [1.29, 1.82) is 0 Å². The quantitative estimate of drug-likeness (QED) is 0.856. The molecule has 0 spiro atoms. The highest BCUT2D eigenvalue weighted by atomic mass is 16.3. The van der Waals surface area contributed by atoms with Gasteiger partial charge in [0.1, 0.15) is 0 Å². The van der Waals surface area contributed by atoms with Crippen LogP contribution >= 0.6 is 0 Å². The number of aliphatic hydroxyl groups excluding tert-OH is 1. The molecule has 0 heterocycles. The second-order valence-corrected chi connectivity index (χ2v) is 5.30. The zero-order chi connectivity index (χ0) is 13.0. The van der Waals surface area contributed by atoms with E-state index in [0.29, 0.717) is 0 Å². The van der Waals surface area contributed by atoms with E-state index < -0.39 is 0 Å². The summed E-state index contributed by atoms with van der Waals surface area (Å²) in [5.74, 6) is 0. The molecule has 0 atom stereocenters. The van der Waals surface area contributed by atoms with Crippen LogP contribution in [0.5, 0.6) is 0 Å². The van der Waals surface area contributed by atoms with Gasteiger partial charge in [-0.15, -0.1) is 0 Å². The van der Waals surface area contributed by atoms with Crippen molar-refractivity contribution in [3.63, 3.8) is 0 Å². The van der Waals surface area contributed by atoms with Crippen molar-refractivity contribution < 1.29 is 5.11 Å². The molecule has 0 aliphatic heterocycles. The Morgan fingerprint density at radius 1 is 0.833 bits per heavy atom. The fourth-order valence-corrected chi connectivity index (χ4v) is 2.17. The monoisotopic (exact) mass is 240 g/mol. The van der Waals surface area contributed by atoms with Gasteiger partial charge in [-0.2, -0.15) is 0 Å². The van der Waals surface area contributed by atoms with Crippen molar-refractivity contribution >= 4 is 0 Å². The summed E-state index contributed by atoms with van der Waals surface area (Å²) in [5.41, 5.74) is 3.78. The first-order valence-corrected chi connectivity index (χ1v) is 6.40. The molecular formula is C17H20O. The summed E-state index contributed by atoms with van der Waals surface area (Å²) < 4.78 is 0. The van der Waals surface area contributed by atoms with Crippen LogP contribution in [-0.2, 0) is 5.41 Å². The number of rotatable bonds is 4. The molecule has 2 aromatic rings. The van der Waals surface area contributed by atoms with Crippen molar-refractivity contribution in [1.82, 2.24) is 0 Å². The van der Waals surface area contributed by atoms with Gasteiger partial charge in [0.2, 0.25) is 0 Å². The van der Waals surface area contributed by atoms with Crippen LogP contribution in [0.4, 0.5) is 0 Å². The molecule has 1 nitrogen and oxygen atoms in total. The largest absolute Gasteiger partial charge is 0.396 e. The summed E-state index contributed by atoms with van der Waals surface area (Å²) in [5, 5.41) is 9.10. The molecule has 2 aromatic carbocycles. The van der Waals surface area contributed by atoms with Crippen LogP contribution in [0.1, 0.15) is 25.8 Å². The van der Waals surface area contributed by atoms with Crippen molar-refractivity contribution in [2.45, 2.75) is 25.7 Å². The Hall–Kier alpha value is -1.60. The Kier molecular flexibility index (Phi) is 3.83. The smallest absolute Gasteiger partial charge is 0.0439 e. The van der Waals surface area contributed by atoms with Crippen LogP contribution in [-0.4, -0.2) is 11.7 Å². The maximum absolute atomic E-state index is 9.10. The highest BCUT2D eigenvalue weighted by Gasteiger charge is 2.19. The van der Waals surface area contributed by atoms with Gasteiger partial charge >= 0.3 is 0 Å². The minimum Gasteiger partial charge on any atom is -0.396 e. The van der Waals surface area contributed by atoms with Crippen molar-refractivity contribution in [2.24, 2.45) is 0 Å². The van der Waals surface area contributed by atoms with Gasteiger partial charge in [-0.25, -0.2) is 0 Å². The molecule has 94 valence electrons. The van der Waals surface area contributed by atoms with Crippen LogP contribution in [0.25, 0.3) is 11.1 Å². The average molecular weight is 240 g/mol. The number of aliphatic hydroxyl groups is 1. The van der Waals surface area contributed by atoms with Crippen LogP contribution in [0.3, 0.4) is 0 Å². The Morgan fingerprint density at radius 3 is 1.94 bits per heavy atom. The van der Waals surface area contributed by atoms with E-state index in [0.717, 1.165) is 6.42 Å². The van der Waals surface area contributed by atoms with Gasteiger partial charge in [0.15, 0.2) is 0 Å². The highest BCUT2D eigenvalue weighted by Crippen LogP contribution is 2.28. The first-order valence-electron chi connectivity index (χ1n) is 6.40. The Labute approximate surface area is 109 Å². The fourth-order valence-electron chi connectivity index (χ4n) is 2.17. The zero-order valence-electron chi connectivity index (χ0n) is 11.1. The second kappa shape index (κ2) is 5.36. The Balaban J connectivity index is 2.26. The predicted molar refractivity (Wildman–Crippen MR) is 76.6 cm³/mol. The summed E-state index contributed by atoms with van der Waals surface area (Å²) in [6, 6.07) is 19.0. The molecule has 2 rings (SSSR count). The van der Waals surface area contributed by atoms with Crippen molar-refractivity contribution in [3.8, 4) is 11.1 Å². The highest BCUT2D eigenvalue weighted by molar-refractivity contribution is 5.63. The molecule has 0 aromatic heterocycles. The first-order chi connectivity index (χ1) is 8.63. The number of hydrogen-bond donors (Lipinski definition) is 1. The molecule has 0 saturated carbocycles. The lowest BCUT2D eigenvalue weighted by atomic mass is 9.81. The third-order valence-corrected chi connectivity index (χ3v) is 3.51. The summed E-state index contributed by atoms with van der Waals surface area (Å²) in [6.07, 6.45) is 0.789. The zero-order valence-corrected chi connectivity index (χ0v) is 11.1. The predicted octanol–water partition coefficient (Wildman–Crippen LogP) is 4.01. The molecule has 1 heteroatoms. The third-order valence-electron chi connectivity index (χ3n) is 3.51. The molecule has 18 heavy (non-hydrogen) atoms. The third kappa shape index (κ3) is 2.80. The lowest BCUT2D eigenvalue weighted by Gasteiger charge is -2.24. The van der Waals surface area contributed by atoms with E-state index in [1.165, 1.54) is 16.7 Å². The van der Waals surface area contributed by atoms with E-state index in [-0.39, 0.29) is 12.0 Å². The topological polar surface area (TPSA) is 20.2 Å². The van der Waals surface area contributed by atoms with E-state index in [4.69, 9.17) is 5.11 Å². The molecule has 0 aliphatic carbocycles. The Bertz CT molecular complexity index is 483. The molecule has 0 amide bonds. The summed E-state index contributed by atoms with van der Waals surface area (Å²) in [4.78, 5) is 0. The lowest BCUT2D eigenvalue weighted by molar-refractivity contribution is 0.252. The summed E-state index contributed by atoms with van der Waals surface area (Å²) >= 11 is 0. The van der Waals surface area contributed by atoms with E-state index in [1.807, 2.05) is 6.07 Å². The molecule has 0 bridgehead atoms. The minimum absolute atomic E-state index is 0.0317. The molecule has 0 unspecified atom stereocenters. The second-order valence-electron chi connectivity index (χ2n) is 5.30. The average Bonchev–Trinajstić information content (AvgIpc) is 2.40. The lowest BCUT2D eigenvalue weighted by Crippen LogP contribution is -2.18. The van der Waals surface area contributed by atoms with Crippen LogP contribution in [0.15, 0.2) is 54.6 Å². The Morgan fingerprint density at radius 2 is 1.39 bits per heavy atom. The van der Waals surface area contributed by atoms with E-state index in [2.05, 4.69) is 62.4 Å². The standard InChI is InChI=1S/C17H20O/c1-17(2,12-13-18)16-10-8-15(9-11-16)14-6-4-3-5-7-14/h3-11,18H,12-13H2,1-2H3. The molecule has 0 saturated heterocycles. The SMILES string of the molecule is CC(C)(CCO)c1ccc(-c2ccccc2)cc1. The van der Waals surface area contributed by atoms with Gasteiger partial charge in [-0.3, -0.25) is 0 Å². The van der Waals surface area contributed by atoms with Crippen LogP contribution in [0, 0.1) is 0 Å². The molecule has 1 N–H and O–H groups in total. The van der Waals surface area contributed by atoms with Crippen LogP contribution < -0.4 is 0 Å². The van der Waals surface area contributed by atoms with Gasteiger partial charge in [0, 0.05) is 6.61 Å². The van der Waals surface area contributed by atoms with Gasteiger partial charge in [-0.1, -0.05) is 68.4 Å². The van der Waals surface area contributed by atoms with Crippen LogP contribution in [0.2, 0.25) is 0 Å². The molecule has 0 radical (unpaired) electrons. The number of benzene rings is 2. The van der Waals surface area contributed by atoms with E-state index >= 15 is 0 Å².